The molecule has 0 aliphatic carbocycles. The van der Waals surface area contributed by atoms with Crippen molar-refractivity contribution in [2.45, 2.75) is 33.3 Å². The summed E-state index contributed by atoms with van der Waals surface area (Å²) in [6.45, 7) is 6.65. The molecule has 0 atom stereocenters. The van der Waals surface area contributed by atoms with E-state index in [-0.39, 0.29) is 6.10 Å². The molecule has 5 heteroatoms. The zero-order chi connectivity index (χ0) is 18.7. The van der Waals surface area contributed by atoms with Crippen molar-refractivity contribution in [1.82, 2.24) is 4.98 Å². The number of aryl methyl sites for hydroxylation is 1. The molecule has 0 saturated carbocycles. The number of hydrogen-bond donors (Lipinski definition) is 1. The third-order valence-corrected chi connectivity index (χ3v) is 4.59. The average Bonchev–Trinajstić information content (AvgIpc) is 2.59. The van der Waals surface area contributed by atoms with Crippen LogP contribution in [0.25, 0.3) is 10.9 Å². The van der Waals surface area contributed by atoms with Crippen molar-refractivity contribution in [2.75, 3.05) is 6.54 Å². The molecule has 0 bridgehead atoms. The normalized spacial score (nSPS) is 11.2. The highest BCUT2D eigenvalue weighted by Gasteiger charge is 2.11. The number of pyridine rings is 1. The van der Waals surface area contributed by atoms with Gasteiger partial charge in [0.25, 0.3) is 0 Å². The number of fused-ring (bicyclic) bond motifs is 1. The van der Waals surface area contributed by atoms with Crippen molar-refractivity contribution in [3.63, 3.8) is 0 Å². The average molecular weight is 415 g/mol. The van der Waals surface area contributed by atoms with Crippen LogP contribution in [0.15, 0.2) is 46.9 Å². The zero-order valence-electron chi connectivity index (χ0n) is 15.3. The Kier molecular flexibility index (Phi) is 5.79. The Bertz CT molecular complexity index is 925. The van der Waals surface area contributed by atoms with E-state index in [2.05, 4.69) is 33.0 Å². The number of aromatic nitrogens is 1. The van der Waals surface area contributed by atoms with Crippen LogP contribution in [0.3, 0.4) is 0 Å². The second-order valence-corrected chi connectivity index (χ2v) is 7.39. The fourth-order valence-electron chi connectivity index (χ4n) is 2.74. The molecule has 1 heterocycles. The maximum atomic E-state index is 6.02. The summed E-state index contributed by atoms with van der Waals surface area (Å²) in [4.78, 5) is 4.61. The van der Waals surface area contributed by atoms with Gasteiger partial charge in [-0.05, 0) is 91.1 Å². The lowest BCUT2D eigenvalue weighted by atomic mass is 10.1. The van der Waals surface area contributed by atoms with Crippen LogP contribution in [0.2, 0.25) is 0 Å². The molecule has 0 amide bonds. The van der Waals surface area contributed by atoms with E-state index in [1.165, 1.54) is 5.56 Å². The summed E-state index contributed by atoms with van der Waals surface area (Å²) in [6.07, 6.45) is 0.982. The molecular formula is C21H23BrN2O2. The summed E-state index contributed by atoms with van der Waals surface area (Å²) in [6, 6.07) is 14.0. The first-order valence-electron chi connectivity index (χ1n) is 8.70. The van der Waals surface area contributed by atoms with E-state index in [9.17, 15) is 0 Å². The SMILES string of the molecule is Cc1cc(OC(C)C)c(Br)cc1Oc1ccc2cc(CCN)ccc2n1. The van der Waals surface area contributed by atoms with Crippen LogP contribution < -0.4 is 15.2 Å². The molecule has 2 N–H and O–H groups in total. The van der Waals surface area contributed by atoms with Crippen LogP contribution in [0, 0.1) is 6.92 Å². The quantitative estimate of drug-likeness (QED) is 0.587. The van der Waals surface area contributed by atoms with Crippen molar-refractivity contribution in [3.05, 3.63) is 58.1 Å². The van der Waals surface area contributed by atoms with E-state index in [1.807, 2.05) is 51.1 Å². The first-order valence-corrected chi connectivity index (χ1v) is 9.50. The molecule has 0 radical (unpaired) electrons. The fourth-order valence-corrected chi connectivity index (χ4v) is 3.15. The van der Waals surface area contributed by atoms with Gasteiger partial charge in [0.2, 0.25) is 5.88 Å². The largest absolute Gasteiger partial charge is 0.490 e. The molecule has 1 aromatic heterocycles. The number of halogens is 1. The van der Waals surface area contributed by atoms with Gasteiger partial charge in [0.15, 0.2) is 0 Å². The molecule has 0 aliphatic rings. The van der Waals surface area contributed by atoms with Crippen LogP contribution in [-0.4, -0.2) is 17.6 Å². The van der Waals surface area contributed by atoms with Crippen LogP contribution in [0.4, 0.5) is 0 Å². The second kappa shape index (κ2) is 8.06. The van der Waals surface area contributed by atoms with Gasteiger partial charge in [-0.25, -0.2) is 4.98 Å². The van der Waals surface area contributed by atoms with Crippen molar-refractivity contribution < 1.29 is 9.47 Å². The minimum atomic E-state index is 0.115. The molecule has 26 heavy (non-hydrogen) atoms. The van der Waals surface area contributed by atoms with E-state index in [1.54, 1.807) is 0 Å². The number of nitrogens with zero attached hydrogens (tertiary/aromatic N) is 1. The zero-order valence-corrected chi connectivity index (χ0v) is 16.8. The van der Waals surface area contributed by atoms with Gasteiger partial charge in [-0.15, -0.1) is 0 Å². The maximum Gasteiger partial charge on any atom is 0.219 e. The van der Waals surface area contributed by atoms with Crippen LogP contribution in [0.5, 0.6) is 17.4 Å². The van der Waals surface area contributed by atoms with Crippen LogP contribution in [0.1, 0.15) is 25.0 Å². The molecule has 4 nitrogen and oxygen atoms in total. The molecular weight excluding hydrogens is 392 g/mol. The molecule has 0 saturated heterocycles. The summed E-state index contributed by atoms with van der Waals surface area (Å²) < 4.78 is 12.7. The summed E-state index contributed by atoms with van der Waals surface area (Å²) in [7, 11) is 0. The Balaban J connectivity index is 1.86. The first-order chi connectivity index (χ1) is 12.5. The molecule has 0 unspecified atom stereocenters. The summed E-state index contributed by atoms with van der Waals surface area (Å²) in [5.41, 5.74) is 8.74. The van der Waals surface area contributed by atoms with Crippen molar-refractivity contribution in [2.24, 2.45) is 5.73 Å². The molecule has 2 aromatic carbocycles. The molecule has 136 valence electrons. The number of ether oxygens (including phenoxy) is 2. The molecule has 0 aliphatic heterocycles. The minimum Gasteiger partial charge on any atom is -0.490 e. The predicted octanol–water partition coefficient (Wildman–Crippen LogP) is 5.39. The molecule has 0 fully saturated rings. The first kappa shape index (κ1) is 18.7. The van der Waals surface area contributed by atoms with Crippen LogP contribution >= 0.6 is 15.9 Å². The van der Waals surface area contributed by atoms with E-state index in [0.29, 0.717) is 12.4 Å². The van der Waals surface area contributed by atoms with Gasteiger partial charge in [-0.2, -0.15) is 0 Å². The third kappa shape index (κ3) is 4.34. The maximum absolute atomic E-state index is 6.02. The van der Waals surface area contributed by atoms with Crippen molar-refractivity contribution >= 4 is 26.8 Å². The van der Waals surface area contributed by atoms with Crippen molar-refractivity contribution in [3.8, 4) is 17.4 Å². The van der Waals surface area contributed by atoms with Crippen LogP contribution in [-0.2, 0) is 6.42 Å². The predicted molar refractivity (Wildman–Crippen MR) is 109 cm³/mol. The number of nitrogens with two attached hydrogens (primary N) is 1. The summed E-state index contributed by atoms with van der Waals surface area (Å²) in [5.74, 6) is 2.12. The van der Waals surface area contributed by atoms with Gasteiger partial charge in [0.05, 0.1) is 16.1 Å². The Morgan fingerprint density at radius 2 is 1.88 bits per heavy atom. The monoisotopic (exact) mass is 414 g/mol. The molecule has 0 spiro atoms. The van der Waals surface area contributed by atoms with Crippen molar-refractivity contribution in [1.29, 1.82) is 0 Å². The van der Waals surface area contributed by atoms with E-state index in [4.69, 9.17) is 15.2 Å². The standard InChI is InChI=1S/C21H23BrN2O2/c1-13(2)25-20-10-14(3)19(12-17(20)22)26-21-7-5-16-11-15(8-9-23)4-6-18(16)24-21/h4-7,10-13H,8-9,23H2,1-3H3. The summed E-state index contributed by atoms with van der Waals surface area (Å²) >= 11 is 3.55. The van der Waals surface area contributed by atoms with Gasteiger partial charge < -0.3 is 15.2 Å². The van der Waals surface area contributed by atoms with Gasteiger partial charge in [0, 0.05) is 11.5 Å². The van der Waals surface area contributed by atoms with Gasteiger partial charge in [-0.3, -0.25) is 0 Å². The van der Waals surface area contributed by atoms with Gasteiger partial charge in [-0.1, -0.05) is 6.07 Å². The Hall–Kier alpha value is -2.11. The highest BCUT2D eigenvalue weighted by molar-refractivity contribution is 9.10. The lowest BCUT2D eigenvalue weighted by Gasteiger charge is -2.15. The number of rotatable bonds is 6. The minimum absolute atomic E-state index is 0.115. The summed E-state index contributed by atoms with van der Waals surface area (Å²) in [5, 5.41) is 1.09. The Morgan fingerprint density at radius 3 is 2.62 bits per heavy atom. The highest BCUT2D eigenvalue weighted by atomic mass is 79.9. The number of hydrogen-bond acceptors (Lipinski definition) is 4. The molecule has 3 rings (SSSR count). The van der Waals surface area contributed by atoms with Gasteiger partial charge >= 0.3 is 0 Å². The smallest absolute Gasteiger partial charge is 0.219 e. The highest BCUT2D eigenvalue weighted by Crippen LogP contribution is 2.35. The lowest BCUT2D eigenvalue weighted by Crippen LogP contribution is -2.06. The fraction of sp³-hybridized carbons (Fsp3) is 0.286. The van der Waals surface area contributed by atoms with Gasteiger partial charge in [0.1, 0.15) is 11.5 Å². The molecule has 3 aromatic rings. The third-order valence-electron chi connectivity index (χ3n) is 3.97. The van der Waals surface area contributed by atoms with E-state index in [0.717, 1.165) is 38.9 Å². The Labute approximate surface area is 162 Å². The second-order valence-electron chi connectivity index (χ2n) is 6.53. The van der Waals surface area contributed by atoms with E-state index >= 15 is 0 Å². The topological polar surface area (TPSA) is 57.4 Å². The number of benzene rings is 2. The lowest BCUT2D eigenvalue weighted by molar-refractivity contribution is 0.240. The van der Waals surface area contributed by atoms with E-state index < -0.39 is 0 Å². The Morgan fingerprint density at radius 1 is 1.08 bits per heavy atom.